The van der Waals surface area contributed by atoms with Gasteiger partial charge in [0, 0.05) is 6.07 Å². The van der Waals surface area contributed by atoms with Gasteiger partial charge in [0.15, 0.2) is 8.32 Å². The van der Waals surface area contributed by atoms with Crippen LogP contribution >= 0.6 is 15.9 Å². The fourth-order valence-electron chi connectivity index (χ4n) is 6.44. The van der Waals surface area contributed by atoms with E-state index in [0.717, 1.165) is 21.5 Å². The number of hydrogen-bond acceptors (Lipinski definition) is 3. The molecule has 0 amide bonds. The van der Waals surface area contributed by atoms with Gasteiger partial charge in [-0.25, -0.2) is 0 Å². The Balaban J connectivity index is 3.83. The van der Waals surface area contributed by atoms with Crippen molar-refractivity contribution in [2.75, 3.05) is 0 Å². The van der Waals surface area contributed by atoms with Gasteiger partial charge in [-0.2, -0.15) is 0 Å². The average Bonchev–Trinajstić information content (AvgIpc) is 2.73. The van der Waals surface area contributed by atoms with E-state index < -0.39 is 25.0 Å². The zero-order chi connectivity index (χ0) is 30.0. The lowest BCUT2D eigenvalue weighted by Gasteiger charge is -2.44. The quantitative estimate of drug-likeness (QED) is 0.200. The first-order chi connectivity index (χ1) is 17.1. The van der Waals surface area contributed by atoms with Crippen LogP contribution in [0, 0.1) is 0 Å². The molecule has 3 nitrogen and oxygen atoms in total. The summed E-state index contributed by atoms with van der Waals surface area (Å²) in [6.07, 6.45) is 0. The molecule has 0 spiro atoms. The van der Waals surface area contributed by atoms with Crippen molar-refractivity contribution in [1.82, 2.24) is 0 Å². The highest BCUT2D eigenvalue weighted by atomic mass is 79.9. The molecule has 0 aliphatic rings. The lowest BCUT2D eigenvalue weighted by atomic mass is 10.2. The number of halogens is 1. The van der Waals surface area contributed by atoms with E-state index in [1.165, 1.54) is 0 Å². The molecule has 0 aliphatic heterocycles. The summed E-state index contributed by atoms with van der Waals surface area (Å²) >= 11 is 3.99. The highest BCUT2D eigenvalue weighted by molar-refractivity contribution is 9.10. The first-order valence-corrected chi connectivity index (χ1v) is 22.9. The Morgan fingerprint density at radius 3 is 1.37 bits per heavy atom. The van der Waals surface area contributed by atoms with Gasteiger partial charge in [0.1, 0.15) is 11.5 Å². The zero-order valence-electron chi connectivity index (χ0n) is 27.9. The average molecular weight is 646 g/mol. The molecule has 0 unspecified atom stereocenters. The van der Waals surface area contributed by atoms with Crippen LogP contribution in [0.25, 0.3) is 0 Å². The van der Waals surface area contributed by atoms with Crippen LogP contribution in [0.2, 0.25) is 51.4 Å². The summed E-state index contributed by atoms with van der Waals surface area (Å²) in [6, 6.07) is 4.41. The maximum Gasteiger partial charge on any atom is 0.258 e. The third-order valence-corrected chi connectivity index (χ3v) is 26.8. The fraction of sp³-hybridized carbons (Fsp3) is 0.806. The van der Waals surface area contributed by atoms with Gasteiger partial charge in [0.25, 0.3) is 16.6 Å². The summed E-state index contributed by atoms with van der Waals surface area (Å²) in [6.45, 7) is 40.2. The van der Waals surface area contributed by atoms with Crippen molar-refractivity contribution in [3.63, 3.8) is 0 Å². The Hall–Kier alpha value is -0.0894. The molecule has 0 saturated carbocycles. The van der Waals surface area contributed by atoms with Crippen LogP contribution in [0.5, 0.6) is 11.5 Å². The predicted octanol–water partition coefficient (Wildman–Crippen LogP) is 12.1. The Labute approximate surface area is 248 Å². The van der Waals surface area contributed by atoms with Crippen molar-refractivity contribution in [3.05, 3.63) is 22.2 Å². The number of hydrogen-bond donors (Lipinski definition) is 0. The van der Waals surface area contributed by atoms with Crippen LogP contribution in [0.4, 0.5) is 0 Å². The summed E-state index contributed by atoms with van der Waals surface area (Å²) < 4.78 is 22.3. The van der Waals surface area contributed by atoms with Crippen LogP contribution in [0.15, 0.2) is 16.6 Å². The third kappa shape index (κ3) is 7.40. The molecule has 222 valence electrons. The Kier molecular flexibility index (Phi) is 12.5. The number of benzene rings is 1. The summed E-state index contributed by atoms with van der Waals surface area (Å²) in [5.41, 5.74) is 4.08. The highest BCUT2D eigenvalue weighted by Gasteiger charge is 2.49. The highest BCUT2D eigenvalue weighted by Crippen LogP contribution is 2.48. The molecule has 0 saturated heterocycles. The zero-order valence-corrected chi connectivity index (χ0v) is 32.5. The first kappa shape index (κ1) is 35.9. The molecule has 7 heteroatoms. The molecule has 0 heterocycles. The standard InChI is InChI=1S/C31H61BrO3Si3/c1-21(2)37(22(3)4,23(5)6)34-28-18-27(20-33-36(16,17)31(13,14)15)30(32)29(19-28)35-38(24(7)8,25(9)10)26(11)12/h18-19,21-26H,20H2,1-17H3. The molecule has 38 heavy (non-hydrogen) atoms. The molecule has 1 rings (SSSR count). The van der Waals surface area contributed by atoms with Crippen LogP contribution in [0.1, 0.15) is 109 Å². The predicted molar refractivity (Wildman–Crippen MR) is 179 cm³/mol. The van der Waals surface area contributed by atoms with Crippen LogP contribution in [-0.4, -0.2) is 25.0 Å². The lowest BCUT2D eigenvalue weighted by molar-refractivity contribution is 0.275. The molecule has 0 N–H and O–H groups in total. The minimum atomic E-state index is -2.17. The topological polar surface area (TPSA) is 27.7 Å². The van der Waals surface area contributed by atoms with E-state index in [9.17, 15) is 0 Å². The third-order valence-electron chi connectivity index (χ3n) is 9.48. The fourth-order valence-corrected chi connectivity index (χ4v) is 18.4. The Bertz CT molecular complexity index is 859. The van der Waals surface area contributed by atoms with Crippen LogP contribution in [-0.2, 0) is 11.0 Å². The van der Waals surface area contributed by atoms with E-state index in [1.807, 2.05) is 0 Å². The van der Waals surface area contributed by atoms with E-state index >= 15 is 0 Å². The molecule has 0 fully saturated rings. The largest absolute Gasteiger partial charge is 0.543 e. The monoisotopic (exact) mass is 644 g/mol. The van der Waals surface area contributed by atoms with E-state index in [4.69, 9.17) is 13.3 Å². The van der Waals surface area contributed by atoms with E-state index in [-0.39, 0.29) is 5.04 Å². The molecule has 0 radical (unpaired) electrons. The van der Waals surface area contributed by atoms with Gasteiger partial charge in [0.2, 0.25) is 0 Å². The summed E-state index contributed by atoms with van der Waals surface area (Å²) in [4.78, 5) is 0. The SMILES string of the molecule is CC(C)[Si](Oc1cc(CO[Si](C)(C)C(C)(C)C)c(Br)c(O[Si](C(C)C)(C(C)C)C(C)C)c1)(C(C)C)C(C)C. The van der Waals surface area contributed by atoms with Gasteiger partial charge in [-0.05, 0) is 78.9 Å². The van der Waals surface area contributed by atoms with Gasteiger partial charge >= 0.3 is 0 Å². The maximum absolute atomic E-state index is 7.28. The minimum absolute atomic E-state index is 0.150. The summed E-state index contributed by atoms with van der Waals surface area (Å²) in [5.74, 6) is 1.87. The van der Waals surface area contributed by atoms with E-state index in [0.29, 0.717) is 39.9 Å². The second kappa shape index (κ2) is 13.3. The Morgan fingerprint density at radius 1 is 0.658 bits per heavy atom. The molecule has 0 aliphatic carbocycles. The lowest BCUT2D eigenvalue weighted by Crippen LogP contribution is -2.51. The van der Waals surface area contributed by atoms with Crippen molar-refractivity contribution in [2.45, 2.75) is 162 Å². The van der Waals surface area contributed by atoms with E-state index in [1.54, 1.807) is 0 Å². The minimum Gasteiger partial charge on any atom is -0.543 e. The van der Waals surface area contributed by atoms with Crippen molar-refractivity contribution in [2.24, 2.45) is 0 Å². The van der Waals surface area contributed by atoms with Gasteiger partial charge in [-0.15, -0.1) is 0 Å². The van der Waals surface area contributed by atoms with Gasteiger partial charge in [-0.3, -0.25) is 0 Å². The smallest absolute Gasteiger partial charge is 0.258 e. The van der Waals surface area contributed by atoms with Gasteiger partial charge < -0.3 is 13.3 Å². The second-order valence-corrected chi connectivity index (χ2v) is 31.1. The second-order valence-electron chi connectivity index (χ2n) is 14.8. The molecular formula is C31H61BrO3Si3. The molecule has 1 aromatic carbocycles. The Morgan fingerprint density at radius 2 is 1.03 bits per heavy atom. The molecule has 0 aromatic heterocycles. The summed E-state index contributed by atoms with van der Waals surface area (Å²) in [7, 11) is -6.23. The van der Waals surface area contributed by atoms with Gasteiger partial charge in [0.05, 0.1) is 11.1 Å². The van der Waals surface area contributed by atoms with Crippen molar-refractivity contribution < 1.29 is 13.3 Å². The van der Waals surface area contributed by atoms with Crippen molar-refractivity contribution in [1.29, 1.82) is 0 Å². The maximum atomic E-state index is 7.28. The molecule has 0 atom stereocenters. The molecular weight excluding hydrogens is 584 g/mol. The van der Waals surface area contributed by atoms with Crippen LogP contribution in [0.3, 0.4) is 0 Å². The van der Waals surface area contributed by atoms with E-state index in [2.05, 4.69) is 145 Å². The van der Waals surface area contributed by atoms with Crippen molar-refractivity contribution >= 4 is 40.9 Å². The number of rotatable bonds is 13. The normalized spacial score (nSPS) is 14.1. The van der Waals surface area contributed by atoms with Crippen LogP contribution < -0.4 is 8.85 Å². The van der Waals surface area contributed by atoms with Gasteiger partial charge in [-0.1, -0.05) is 104 Å². The van der Waals surface area contributed by atoms with Crippen molar-refractivity contribution in [3.8, 4) is 11.5 Å². The molecule has 1 aromatic rings. The summed E-state index contributed by atoms with van der Waals surface area (Å²) in [5, 5.41) is 0.150. The molecule has 0 bridgehead atoms. The first-order valence-electron chi connectivity index (χ1n) is 14.9.